The summed E-state index contributed by atoms with van der Waals surface area (Å²) in [7, 11) is 4.08. The highest BCUT2D eigenvalue weighted by Crippen LogP contribution is 2.27. The van der Waals surface area contributed by atoms with Gasteiger partial charge < -0.3 is 9.42 Å². The van der Waals surface area contributed by atoms with Gasteiger partial charge in [-0.15, -0.1) is 0 Å². The van der Waals surface area contributed by atoms with Crippen LogP contribution in [0.3, 0.4) is 0 Å². The number of nitrogens with zero attached hydrogens (tertiary/aromatic N) is 5. The molecule has 0 saturated carbocycles. The molecule has 1 aromatic carbocycles. The number of benzene rings is 1. The maximum atomic E-state index is 5.60. The molecule has 1 fully saturated rings. The minimum absolute atomic E-state index is 0.367. The largest absolute Gasteiger partial charge is 0.359 e. The van der Waals surface area contributed by atoms with Crippen LogP contribution in [-0.2, 0) is 13.6 Å². The topological polar surface area (TPSA) is 50.3 Å². The lowest BCUT2D eigenvalue weighted by Gasteiger charge is -2.39. The summed E-state index contributed by atoms with van der Waals surface area (Å²) in [5.74, 6) is 0.893. The number of likely N-dealkylation sites (N-methyl/N-ethyl adjacent to an activating group) is 1. The average molecular weight is 337 g/mol. The first-order valence-electron chi connectivity index (χ1n) is 8.61. The van der Waals surface area contributed by atoms with Crippen molar-refractivity contribution in [2.75, 3.05) is 26.7 Å². The van der Waals surface area contributed by atoms with Crippen LogP contribution in [0.25, 0.3) is 11.3 Å². The molecule has 0 aliphatic carbocycles. The quantitative estimate of drug-likeness (QED) is 0.732. The van der Waals surface area contributed by atoms with E-state index in [1.165, 1.54) is 5.56 Å². The third-order valence-corrected chi connectivity index (χ3v) is 4.80. The van der Waals surface area contributed by atoms with E-state index >= 15 is 0 Å². The SMILES string of the molecule is CN1CCN(Cc2cc(-c3cnn(C)c3)no2)C(c2ccccc2)C1. The van der Waals surface area contributed by atoms with E-state index in [2.05, 4.69) is 57.4 Å². The molecular weight excluding hydrogens is 314 g/mol. The van der Waals surface area contributed by atoms with Gasteiger partial charge in [-0.2, -0.15) is 5.10 Å². The number of aryl methyl sites for hydroxylation is 1. The molecule has 6 nitrogen and oxygen atoms in total. The molecule has 4 rings (SSSR count). The average Bonchev–Trinajstić information content (AvgIpc) is 3.26. The van der Waals surface area contributed by atoms with Crippen molar-refractivity contribution in [2.45, 2.75) is 12.6 Å². The number of aromatic nitrogens is 3. The van der Waals surface area contributed by atoms with Crippen molar-refractivity contribution < 1.29 is 4.52 Å². The zero-order valence-electron chi connectivity index (χ0n) is 14.7. The van der Waals surface area contributed by atoms with E-state index in [-0.39, 0.29) is 0 Å². The maximum absolute atomic E-state index is 5.60. The minimum atomic E-state index is 0.367. The molecule has 1 aliphatic heterocycles. The molecule has 0 spiro atoms. The van der Waals surface area contributed by atoms with Crippen molar-refractivity contribution in [3.8, 4) is 11.3 Å². The van der Waals surface area contributed by atoms with Gasteiger partial charge in [-0.05, 0) is 12.6 Å². The van der Waals surface area contributed by atoms with E-state index in [9.17, 15) is 0 Å². The third-order valence-electron chi connectivity index (χ3n) is 4.80. The maximum Gasteiger partial charge on any atom is 0.151 e. The number of rotatable bonds is 4. The summed E-state index contributed by atoms with van der Waals surface area (Å²) >= 11 is 0. The molecular formula is C19H23N5O. The van der Waals surface area contributed by atoms with Crippen molar-refractivity contribution in [3.63, 3.8) is 0 Å². The summed E-state index contributed by atoms with van der Waals surface area (Å²) in [6, 6.07) is 13.1. The van der Waals surface area contributed by atoms with Crippen molar-refractivity contribution in [2.24, 2.45) is 7.05 Å². The van der Waals surface area contributed by atoms with Crippen molar-refractivity contribution in [1.29, 1.82) is 0 Å². The van der Waals surface area contributed by atoms with E-state index in [4.69, 9.17) is 4.52 Å². The highest BCUT2D eigenvalue weighted by atomic mass is 16.5. The molecule has 1 saturated heterocycles. The number of piperazine rings is 1. The summed E-state index contributed by atoms with van der Waals surface area (Å²) in [4.78, 5) is 4.86. The summed E-state index contributed by atoms with van der Waals surface area (Å²) in [6.07, 6.45) is 3.76. The normalized spacial score (nSPS) is 19.4. The lowest BCUT2D eigenvalue weighted by atomic mass is 10.0. The molecule has 6 heteroatoms. The lowest BCUT2D eigenvalue weighted by molar-refractivity contribution is 0.0753. The Bertz CT molecular complexity index is 825. The van der Waals surface area contributed by atoms with Crippen LogP contribution in [0.15, 0.2) is 53.3 Å². The van der Waals surface area contributed by atoms with Gasteiger partial charge in [0.25, 0.3) is 0 Å². The summed E-state index contributed by atoms with van der Waals surface area (Å²) in [5.41, 5.74) is 3.17. The molecule has 0 amide bonds. The highest BCUT2D eigenvalue weighted by molar-refractivity contribution is 5.56. The summed E-state index contributed by atoms with van der Waals surface area (Å²) < 4.78 is 7.37. The molecule has 0 bridgehead atoms. The van der Waals surface area contributed by atoms with Gasteiger partial charge in [0.1, 0.15) is 5.69 Å². The fourth-order valence-corrected chi connectivity index (χ4v) is 3.41. The van der Waals surface area contributed by atoms with Gasteiger partial charge in [0.05, 0.1) is 12.7 Å². The molecule has 130 valence electrons. The van der Waals surface area contributed by atoms with Gasteiger partial charge in [-0.1, -0.05) is 35.5 Å². The van der Waals surface area contributed by atoms with Crippen molar-refractivity contribution in [3.05, 3.63) is 60.1 Å². The summed E-state index contributed by atoms with van der Waals surface area (Å²) in [6.45, 7) is 3.86. The van der Waals surface area contributed by atoms with Gasteiger partial charge in [-0.25, -0.2) is 0 Å². The second kappa shape index (κ2) is 6.82. The minimum Gasteiger partial charge on any atom is -0.359 e. The fraction of sp³-hybridized carbons (Fsp3) is 0.368. The molecule has 2 aromatic heterocycles. The Morgan fingerprint density at radius 1 is 1.16 bits per heavy atom. The second-order valence-corrected chi connectivity index (χ2v) is 6.74. The van der Waals surface area contributed by atoms with E-state index in [1.807, 2.05) is 25.5 Å². The first kappa shape index (κ1) is 16.1. The Morgan fingerprint density at radius 2 is 2.00 bits per heavy atom. The number of hydrogen-bond donors (Lipinski definition) is 0. The lowest BCUT2D eigenvalue weighted by Crippen LogP contribution is -2.46. The monoisotopic (exact) mass is 337 g/mol. The third kappa shape index (κ3) is 3.50. The van der Waals surface area contributed by atoms with Crippen LogP contribution in [0.1, 0.15) is 17.4 Å². The standard InChI is InChI=1S/C19H23N5O/c1-22-8-9-24(19(14-22)15-6-4-3-5-7-15)13-17-10-18(21-25-17)16-11-20-23(2)12-16/h3-7,10-12,19H,8-9,13-14H2,1-2H3. The molecule has 1 atom stereocenters. The molecule has 25 heavy (non-hydrogen) atoms. The molecule has 0 N–H and O–H groups in total. The van der Waals surface area contributed by atoms with Crippen LogP contribution in [0.5, 0.6) is 0 Å². The zero-order valence-corrected chi connectivity index (χ0v) is 14.7. The second-order valence-electron chi connectivity index (χ2n) is 6.74. The first-order chi connectivity index (χ1) is 12.2. The Balaban J connectivity index is 1.53. The predicted molar refractivity (Wildman–Crippen MR) is 95.8 cm³/mol. The smallest absolute Gasteiger partial charge is 0.151 e. The number of hydrogen-bond acceptors (Lipinski definition) is 5. The molecule has 3 heterocycles. The fourth-order valence-electron chi connectivity index (χ4n) is 3.41. The van der Waals surface area contributed by atoms with Crippen LogP contribution in [0, 0.1) is 0 Å². The van der Waals surface area contributed by atoms with Crippen molar-refractivity contribution in [1.82, 2.24) is 24.7 Å². The molecule has 1 unspecified atom stereocenters. The van der Waals surface area contributed by atoms with E-state index in [1.54, 1.807) is 4.68 Å². The van der Waals surface area contributed by atoms with Crippen LogP contribution in [0.4, 0.5) is 0 Å². The van der Waals surface area contributed by atoms with Gasteiger partial charge in [0, 0.05) is 50.6 Å². The molecule has 3 aromatic rings. The Morgan fingerprint density at radius 3 is 2.76 bits per heavy atom. The van der Waals surface area contributed by atoms with Crippen LogP contribution >= 0.6 is 0 Å². The molecule has 0 radical (unpaired) electrons. The Kier molecular flexibility index (Phi) is 4.38. The van der Waals surface area contributed by atoms with Gasteiger partial charge >= 0.3 is 0 Å². The zero-order chi connectivity index (χ0) is 17.2. The van der Waals surface area contributed by atoms with Gasteiger partial charge in [0.15, 0.2) is 5.76 Å². The van der Waals surface area contributed by atoms with E-state index < -0.39 is 0 Å². The Hall–Kier alpha value is -2.44. The summed E-state index contributed by atoms with van der Waals surface area (Å²) in [5, 5.41) is 8.41. The van der Waals surface area contributed by atoms with E-state index in [0.717, 1.165) is 43.2 Å². The van der Waals surface area contributed by atoms with Gasteiger partial charge in [-0.3, -0.25) is 9.58 Å². The Labute approximate surface area is 147 Å². The van der Waals surface area contributed by atoms with Gasteiger partial charge in [0.2, 0.25) is 0 Å². The van der Waals surface area contributed by atoms with Crippen molar-refractivity contribution >= 4 is 0 Å². The van der Waals surface area contributed by atoms with Crippen LogP contribution < -0.4 is 0 Å². The first-order valence-corrected chi connectivity index (χ1v) is 8.61. The van der Waals surface area contributed by atoms with Crippen LogP contribution in [-0.4, -0.2) is 51.4 Å². The van der Waals surface area contributed by atoms with Crippen LogP contribution in [0.2, 0.25) is 0 Å². The predicted octanol–water partition coefficient (Wildman–Crippen LogP) is 2.56. The molecule has 1 aliphatic rings. The highest BCUT2D eigenvalue weighted by Gasteiger charge is 2.27. The van der Waals surface area contributed by atoms with E-state index in [0.29, 0.717) is 6.04 Å².